The normalized spacial score (nSPS) is 34.1. The Labute approximate surface area is 110 Å². The molecule has 0 bridgehead atoms. The van der Waals surface area contributed by atoms with Gasteiger partial charge in [0.2, 0.25) is 5.91 Å². The van der Waals surface area contributed by atoms with Gasteiger partial charge >= 0.3 is 0 Å². The number of nitrogens with one attached hydrogen (secondary N) is 2. The third-order valence-corrected chi connectivity index (χ3v) is 4.37. The molecule has 0 spiro atoms. The summed E-state index contributed by atoms with van der Waals surface area (Å²) in [6.07, 6.45) is 6.41. The summed E-state index contributed by atoms with van der Waals surface area (Å²) < 4.78 is 0. The zero-order chi connectivity index (χ0) is 13.2. The second-order valence-corrected chi connectivity index (χ2v) is 6.27. The Morgan fingerprint density at radius 2 is 1.94 bits per heavy atom. The van der Waals surface area contributed by atoms with E-state index in [-0.39, 0.29) is 24.1 Å². The van der Waals surface area contributed by atoms with Gasteiger partial charge in [0.25, 0.3) is 0 Å². The van der Waals surface area contributed by atoms with Crippen LogP contribution < -0.4 is 10.6 Å². The smallest absolute Gasteiger partial charge is 0.237 e. The Hall–Kier alpha value is -0.610. The molecule has 18 heavy (non-hydrogen) atoms. The zero-order valence-corrected chi connectivity index (χ0v) is 11.5. The van der Waals surface area contributed by atoms with E-state index in [2.05, 4.69) is 17.6 Å². The van der Waals surface area contributed by atoms with E-state index in [0.29, 0.717) is 6.04 Å². The molecular weight excluding hydrogens is 228 g/mol. The lowest BCUT2D eigenvalue weighted by Crippen LogP contribution is -2.58. The lowest BCUT2D eigenvalue weighted by Gasteiger charge is -2.40. The molecule has 0 aromatic carbocycles. The molecule has 1 amide bonds. The summed E-state index contributed by atoms with van der Waals surface area (Å²) in [7, 11) is 0. The van der Waals surface area contributed by atoms with E-state index in [0.717, 1.165) is 44.4 Å². The van der Waals surface area contributed by atoms with Gasteiger partial charge in [-0.3, -0.25) is 10.1 Å². The van der Waals surface area contributed by atoms with Gasteiger partial charge in [-0.05, 0) is 51.4 Å². The maximum Gasteiger partial charge on any atom is 0.237 e. The van der Waals surface area contributed by atoms with Gasteiger partial charge < -0.3 is 10.4 Å². The highest BCUT2D eigenvalue weighted by atomic mass is 16.3. The van der Waals surface area contributed by atoms with Crippen molar-refractivity contribution in [3.8, 4) is 0 Å². The molecule has 104 valence electrons. The fourth-order valence-electron chi connectivity index (χ4n) is 2.74. The van der Waals surface area contributed by atoms with Crippen molar-refractivity contribution in [2.45, 2.75) is 70.0 Å². The number of hydrogen-bond acceptors (Lipinski definition) is 3. The van der Waals surface area contributed by atoms with Crippen molar-refractivity contribution in [2.75, 3.05) is 6.61 Å². The highest BCUT2D eigenvalue weighted by molar-refractivity contribution is 5.81. The second-order valence-electron chi connectivity index (χ2n) is 6.27. The van der Waals surface area contributed by atoms with E-state index in [4.69, 9.17) is 0 Å². The minimum Gasteiger partial charge on any atom is -0.394 e. The summed E-state index contributed by atoms with van der Waals surface area (Å²) in [5.74, 6) is 0.811. The van der Waals surface area contributed by atoms with Gasteiger partial charge in [0.1, 0.15) is 0 Å². The van der Waals surface area contributed by atoms with Crippen LogP contribution in [0.3, 0.4) is 0 Å². The first-order valence-corrected chi connectivity index (χ1v) is 7.23. The van der Waals surface area contributed by atoms with E-state index in [1.54, 1.807) is 0 Å². The van der Waals surface area contributed by atoms with Crippen molar-refractivity contribution in [2.24, 2.45) is 5.92 Å². The molecule has 0 aliphatic heterocycles. The van der Waals surface area contributed by atoms with Gasteiger partial charge in [-0.25, -0.2) is 0 Å². The minimum atomic E-state index is -0.243. The first-order chi connectivity index (χ1) is 8.54. The summed E-state index contributed by atoms with van der Waals surface area (Å²) in [5.41, 5.74) is -0.243. The molecule has 0 saturated heterocycles. The molecule has 0 heterocycles. The SMILES string of the molecule is CC1CCC(CO)(NC(C)C(=O)NC2CC2)CC1. The molecule has 0 radical (unpaired) electrons. The van der Waals surface area contributed by atoms with Gasteiger partial charge in [0.05, 0.1) is 12.6 Å². The van der Waals surface area contributed by atoms with Crippen LogP contribution in [0.5, 0.6) is 0 Å². The Bertz CT molecular complexity index is 294. The molecule has 3 N–H and O–H groups in total. The van der Waals surface area contributed by atoms with Crippen LogP contribution >= 0.6 is 0 Å². The number of aliphatic hydroxyl groups excluding tert-OH is 1. The van der Waals surface area contributed by atoms with Crippen LogP contribution in [0.1, 0.15) is 52.4 Å². The number of amides is 1. The topological polar surface area (TPSA) is 61.4 Å². The van der Waals surface area contributed by atoms with Gasteiger partial charge in [-0.15, -0.1) is 0 Å². The highest BCUT2D eigenvalue weighted by Gasteiger charge is 2.36. The molecule has 2 aliphatic rings. The summed E-state index contributed by atoms with van der Waals surface area (Å²) in [6.45, 7) is 4.28. The van der Waals surface area contributed by atoms with Gasteiger partial charge in [0.15, 0.2) is 0 Å². The molecule has 1 unspecified atom stereocenters. The largest absolute Gasteiger partial charge is 0.394 e. The molecule has 0 aromatic heterocycles. The summed E-state index contributed by atoms with van der Waals surface area (Å²) in [6, 6.07) is 0.185. The third-order valence-electron chi connectivity index (χ3n) is 4.37. The van der Waals surface area contributed by atoms with Crippen molar-refractivity contribution >= 4 is 5.91 Å². The average molecular weight is 254 g/mol. The highest BCUT2D eigenvalue weighted by Crippen LogP contribution is 2.32. The number of carbonyl (C=O) groups excluding carboxylic acids is 1. The van der Waals surface area contributed by atoms with E-state index in [1.807, 2.05) is 6.92 Å². The molecule has 2 saturated carbocycles. The number of carbonyl (C=O) groups is 1. The molecule has 0 aromatic rings. The molecule has 2 aliphatic carbocycles. The first-order valence-electron chi connectivity index (χ1n) is 7.23. The summed E-state index contributed by atoms with van der Waals surface area (Å²) in [4.78, 5) is 11.9. The van der Waals surface area contributed by atoms with Crippen LogP contribution in [0.2, 0.25) is 0 Å². The fourth-order valence-corrected chi connectivity index (χ4v) is 2.74. The van der Waals surface area contributed by atoms with Crippen LogP contribution in [-0.4, -0.2) is 35.2 Å². The molecule has 1 atom stereocenters. The van der Waals surface area contributed by atoms with Crippen LogP contribution in [0, 0.1) is 5.92 Å². The molecule has 4 heteroatoms. The number of rotatable bonds is 5. The van der Waals surface area contributed by atoms with Crippen molar-refractivity contribution in [3.05, 3.63) is 0 Å². The quantitative estimate of drug-likeness (QED) is 0.690. The Kier molecular flexibility index (Phi) is 4.28. The predicted molar refractivity (Wildman–Crippen MR) is 71.2 cm³/mol. The number of aliphatic hydroxyl groups is 1. The monoisotopic (exact) mass is 254 g/mol. The fraction of sp³-hybridized carbons (Fsp3) is 0.929. The Morgan fingerprint density at radius 3 is 2.44 bits per heavy atom. The summed E-state index contributed by atoms with van der Waals surface area (Å²) >= 11 is 0. The lowest BCUT2D eigenvalue weighted by atomic mass is 9.77. The minimum absolute atomic E-state index is 0.0731. The van der Waals surface area contributed by atoms with Crippen LogP contribution in [0.4, 0.5) is 0 Å². The van der Waals surface area contributed by atoms with Gasteiger partial charge in [-0.2, -0.15) is 0 Å². The van der Waals surface area contributed by atoms with E-state index in [1.165, 1.54) is 0 Å². The van der Waals surface area contributed by atoms with E-state index >= 15 is 0 Å². The zero-order valence-electron chi connectivity index (χ0n) is 11.5. The second kappa shape index (κ2) is 5.57. The van der Waals surface area contributed by atoms with E-state index in [9.17, 15) is 9.90 Å². The van der Waals surface area contributed by atoms with Crippen molar-refractivity contribution in [1.82, 2.24) is 10.6 Å². The summed E-state index contributed by atoms with van der Waals surface area (Å²) in [5, 5.41) is 16.0. The Morgan fingerprint density at radius 1 is 1.33 bits per heavy atom. The molecule has 2 fully saturated rings. The first kappa shape index (κ1) is 13.8. The predicted octanol–water partition coefficient (Wildman–Crippen LogP) is 1.18. The third kappa shape index (κ3) is 3.45. The average Bonchev–Trinajstić information content (AvgIpc) is 3.16. The van der Waals surface area contributed by atoms with Crippen molar-refractivity contribution in [3.63, 3.8) is 0 Å². The van der Waals surface area contributed by atoms with Crippen molar-refractivity contribution < 1.29 is 9.90 Å². The van der Waals surface area contributed by atoms with E-state index < -0.39 is 0 Å². The number of hydrogen-bond donors (Lipinski definition) is 3. The Balaban J connectivity index is 1.86. The van der Waals surface area contributed by atoms with Gasteiger partial charge in [-0.1, -0.05) is 6.92 Å². The molecular formula is C14H26N2O2. The maximum atomic E-state index is 11.9. The molecule has 2 rings (SSSR count). The van der Waals surface area contributed by atoms with Crippen LogP contribution in [0.15, 0.2) is 0 Å². The maximum absolute atomic E-state index is 11.9. The van der Waals surface area contributed by atoms with Crippen LogP contribution in [0.25, 0.3) is 0 Å². The standard InChI is InChI=1S/C14H26N2O2/c1-10-5-7-14(9-17,8-6-10)16-11(2)13(18)15-12-3-4-12/h10-12,16-17H,3-9H2,1-2H3,(H,15,18). The lowest BCUT2D eigenvalue weighted by molar-refractivity contribution is -0.123. The van der Waals surface area contributed by atoms with Crippen LogP contribution in [-0.2, 0) is 4.79 Å². The van der Waals surface area contributed by atoms with Crippen molar-refractivity contribution in [1.29, 1.82) is 0 Å². The van der Waals surface area contributed by atoms with Gasteiger partial charge in [0, 0.05) is 11.6 Å². The molecule has 4 nitrogen and oxygen atoms in total.